The number of aromatic nitrogens is 1. The van der Waals surface area contributed by atoms with Crippen molar-refractivity contribution in [1.82, 2.24) is 4.98 Å². The Morgan fingerprint density at radius 1 is 1.12 bits per heavy atom. The number of para-hydroxylation sites is 2. The average Bonchev–Trinajstić information content (AvgIpc) is 3.08. The van der Waals surface area contributed by atoms with Gasteiger partial charge >= 0.3 is 0 Å². The first-order valence-corrected chi connectivity index (χ1v) is 8.91. The topological polar surface area (TPSA) is 71.5 Å². The van der Waals surface area contributed by atoms with Gasteiger partial charge in [0.1, 0.15) is 5.01 Å². The van der Waals surface area contributed by atoms with Crippen LogP contribution in [0.5, 0.6) is 11.5 Å². The lowest BCUT2D eigenvalue weighted by atomic mass is 10.1. The number of carbonyl (C=O) groups excluding carboxylic acids is 1. The molecule has 0 radical (unpaired) electrons. The Morgan fingerprint density at radius 3 is 2.62 bits per heavy atom. The normalized spacial score (nSPS) is 11.5. The first-order chi connectivity index (χ1) is 12.6. The van der Waals surface area contributed by atoms with Gasteiger partial charge in [0.2, 0.25) is 0 Å². The van der Waals surface area contributed by atoms with E-state index in [9.17, 15) is 9.90 Å². The maximum absolute atomic E-state index is 11.0. The molecule has 1 aromatic heterocycles. The van der Waals surface area contributed by atoms with Gasteiger partial charge in [-0.25, -0.2) is 4.98 Å². The van der Waals surface area contributed by atoms with Crippen LogP contribution in [0.1, 0.15) is 23.4 Å². The molecule has 0 bridgehead atoms. The molecule has 0 amide bonds. The number of carboxylic acids is 1. The minimum atomic E-state index is -1.09. The van der Waals surface area contributed by atoms with Gasteiger partial charge in [0.25, 0.3) is 0 Å². The molecule has 0 spiro atoms. The molecule has 2 aromatic carbocycles. The van der Waals surface area contributed by atoms with Gasteiger partial charge < -0.3 is 19.4 Å². The number of hydrogen-bond donors (Lipinski definition) is 0. The van der Waals surface area contributed by atoms with Crippen LogP contribution in [0.25, 0.3) is 21.9 Å². The van der Waals surface area contributed by atoms with Crippen molar-refractivity contribution in [3.63, 3.8) is 0 Å². The maximum atomic E-state index is 11.0. The first-order valence-electron chi connectivity index (χ1n) is 8.09. The third-order valence-corrected chi connectivity index (χ3v) is 5.04. The van der Waals surface area contributed by atoms with Gasteiger partial charge in [-0.15, -0.1) is 11.3 Å². The Kier molecular flexibility index (Phi) is 5.53. The zero-order valence-corrected chi connectivity index (χ0v) is 15.3. The van der Waals surface area contributed by atoms with Gasteiger partial charge in [-0.2, -0.15) is 0 Å². The summed E-state index contributed by atoms with van der Waals surface area (Å²) in [6.07, 6.45) is 2.15. The van der Waals surface area contributed by atoms with Crippen molar-refractivity contribution in [2.75, 3.05) is 14.2 Å². The highest BCUT2D eigenvalue weighted by atomic mass is 32.1. The molecule has 1 heterocycles. The molecule has 5 nitrogen and oxygen atoms in total. The number of ether oxygens (including phenoxy) is 2. The van der Waals surface area contributed by atoms with Crippen molar-refractivity contribution in [3.8, 4) is 11.5 Å². The van der Waals surface area contributed by atoms with E-state index in [1.807, 2.05) is 48.5 Å². The molecule has 6 heteroatoms. The molecule has 3 rings (SSSR count). The highest BCUT2D eigenvalue weighted by molar-refractivity contribution is 7.19. The van der Waals surface area contributed by atoms with E-state index in [0.29, 0.717) is 17.9 Å². The number of nitrogens with zero attached hydrogens (tertiary/aromatic N) is 1. The molecule has 0 atom stereocenters. The van der Waals surface area contributed by atoms with E-state index in [0.717, 1.165) is 26.4 Å². The van der Waals surface area contributed by atoms with Crippen molar-refractivity contribution in [2.45, 2.75) is 12.8 Å². The molecule has 0 unspecified atom stereocenters. The van der Waals surface area contributed by atoms with E-state index in [1.54, 1.807) is 14.2 Å². The number of allylic oxidation sites excluding steroid dienone is 1. The predicted octanol–water partition coefficient (Wildman–Crippen LogP) is 3.38. The van der Waals surface area contributed by atoms with E-state index < -0.39 is 5.97 Å². The second-order valence-corrected chi connectivity index (χ2v) is 6.64. The van der Waals surface area contributed by atoms with Crippen LogP contribution < -0.4 is 14.6 Å². The van der Waals surface area contributed by atoms with Gasteiger partial charge in [-0.05, 0) is 42.7 Å². The second-order valence-electron chi connectivity index (χ2n) is 5.61. The molecule has 0 N–H and O–H groups in total. The zero-order chi connectivity index (χ0) is 18.5. The molecule has 134 valence electrons. The zero-order valence-electron chi connectivity index (χ0n) is 14.5. The fourth-order valence-corrected chi connectivity index (χ4v) is 3.71. The molecule has 3 aromatic rings. The fourth-order valence-electron chi connectivity index (χ4n) is 2.70. The molecule has 0 aliphatic rings. The summed E-state index contributed by atoms with van der Waals surface area (Å²) in [5, 5.41) is 11.8. The van der Waals surface area contributed by atoms with Gasteiger partial charge in [0, 0.05) is 11.5 Å². The Bertz CT molecular complexity index is 928. The SMILES string of the molecule is COc1cccc(/C=C(\CCC(=O)[O-])c2nc3ccccc3s2)c1OC. The van der Waals surface area contributed by atoms with E-state index in [4.69, 9.17) is 9.47 Å². The smallest absolute Gasteiger partial charge is 0.167 e. The van der Waals surface area contributed by atoms with Crippen molar-refractivity contribution >= 4 is 39.2 Å². The van der Waals surface area contributed by atoms with Gasteiger partial charge in [-0.3, -0.25) is 0 Å². The lowest BCUT2D eigenvalue weighted by Gasteiger charge is -2.12. The predicted molar refractivity (Wildman–Crippen MR) is 101 cm³/mol. The van der Waals surface area contributed by atoms with Crippen LogP contribution in [-0.4, -0.2) is 25.2 Å². The Balaban J connectivity index is 2.09. The van der Waals surface area contributed by atoms with E-state index >= 15 is 0 Å². The summed E-state index contributed by atoms with van der Waals surface area (Å²) in [5.41, 5.74) is 2.52. The lowest BCUT2D eigenvalue weighted by Crippen LogP contribution is -2.21. The van der Waals surface area contributed by atoms with Crippen molar-refractivity contribution in [2.24, 2.45) is 0 Å². The van der Waals surface area contributed by atoms with Crippen LogP contribution >= 0.6 is 11.3 Å². The third-order valence-electron chi connectivity index (χ3n) is 3.93. The molecule has 0 aliphatic carbocycles. The Morgan fingerprint density at radius 2 is 1.92 bits per heavy atom. The number of methoxy groups -OCH3 is 2. The molecule has 0 saturated carbocycles. The van der Waals surface area contributed by atoms with E-state index in [1.165, 1.54) is 11.3 Å². The summed E-state index contributed by atoms with van der Waals surface area (Å²) >= 11 is 1.53. The quantitative estimate of drug-likeness (QED) is 0.639. The second kappa shape index (κ2) is 8.01. The van der Waals surface area contributed by atoms with Crippen LogP contribution in [0.3, 0.4) is 0 Å². The molecule has 26 heavy (non-hydrogen) atoms. The summed E-state index contributed by atoms with van der Waals surface area (Å²) in [7, 11) is 3.16. The molecular formula is C20H18NO4S-. The average molecular weight is 368 g/mol. The Labute approximate surface area is 155 Å². The van der Waals surface area contributed by atoms with Crippen LogP contribution in [0.4, 0.5) is 0 Å². The van der Waals surface area contributed by atoms with Gasteiger partial charge in [0.05, 0.1) is 24.4 Å². The number of benzene rings is 2. The fraction of sp³-hybridized carbons (Fsp3) is 0.200. The van der Waals surface area contributed by atoms with E-state index in [-0.39, 0.29) is 6.42 Å². The minimum absolute atomic E-state index is 0.0754. The lowest BCUT2D eigenvalue weighted by molar-refractivity contribution is -0.305. The Hall–Kier alpha value is -2.86. The standard InChI is InChI=1S/C20H19NO4S/c1-24-16-8-5-6-13(19(16)25-2)12-14(10-11-18(22)23)20-21-15-7-3-4-9-17(15)26-20/h3-9,12H,10-11H2,1-2H3,(H,22,23)/p-1/b14-12+. The van der Waals surface area contributed by atoms with Crippen LogP contribution in [0.15, 0.2) is 42.5 Å². The van der Waals surface area contributed by atoms with Crippen molar-refractivity contribution < 1.29 is 19.4 Å². The number of hydrogen-bond acceptors (Lipinski definition) is 6. The number of rotatable bonds is 7. The summed E-state index contributed by atoms with van der Waals surface area (Å²) in [6, 6.07) is 13.4. The summed E-state index contributed by atoms with van der Waals surface area (Å²) in [5.74, 6) is 0.126. The molecule has 0 saturated heterocycles. The van der Waals surface area contributed by atoms with Gasteiger partial charge in [0.15, 0.2) is 11.5 Å². The monoisotopic (exact) mass is 368 g/mol. The van der Waals surface area contributed by atoms with Gasteiger partial charge in [-0.1, -0.05) is 24.3 Å². The van der Waals surface area contributed by atoms with Crippen LogP contribution in [0.2, 0.25) is 0 Å². The number of carbonyl (C=O) groups is 1. The minimum Gasteiger partial charge on any atom is -0.550 e. The number of fused-ring (bicyclic) bond motifs is 1. The number of carboxylic acid groups (broad SMARTS) is 1. The summed E-state index contributed by atoms with van der Waals surface area (Å²) < 4.78 is 11.9. The van der Waals surface area contributed by atoms with Crippen molar-refractivity contribution in [3.05, 3.63) is 53.0 Å². The molecular weight excluding hydrogens is 350 g/mol. The highest BCUT2D eigenvalue weighted by Crippen LogP contribution is 2.36. The number of aliphatic carboxylic acids is 1. The van der Waals surface area contributed by atoms with E-state index in [2.05, 4.69) is 4.98 Å². The number of thiazole rings is 1. The largest absolute Gasteiger partial charge is 0.550 e. The maximum Gasteiger partial charge on any atom is 0.167 e. The molecule has 0 fully saturated rings. The first kappa shape index (κ1) is 17.9. The third kappa shape index (κ3) is 3.86. The summed E-state index contributed by atoms with van der Waals surface area (Å²) in [6.45, 7) is 0. The van der Waals surface area contributed by atoms with Crippen LogP contribution in [-0.2, 0) is 4.79 Å². The summed E-state index contributed by atoms with van der Waals surface area (Å²) in [4.78, 5) is 15.6. The molecule has 0 aliphatic heterocycles. The van der Waals surface area contributed by atoms with Crippen LogP contribution in [0, 0.1) is 0 Å². The highest BCUT2D eigenvalue weighted by Gasteiger charge is 2.13. The van der Waals surface area contributed by atoms with Crippen molar-refractivity contribution in [1.29, 1.82) is 0 Å².